The fourth-order valence-corrected chi connectivity index (χ4v) is 3.85. The second kappa shape index (κ2) is 8.12. The molecule has 5 N–H and O–H groups in total. The minimum Gasteiger partial charge on any atom is -0.370 e. The van der Waals surface area contributed by atoms with Gasteiger partial charge in [-0.1, -0.05) is 59.9 Å². The monoisotopic (exact) mass is 401 g/mol. The van der Waals surface area contributed by atoms with Crippen molar-refractivity contribution >= 4 is 38.6 Å². The number of aliphatic imine (C=N–C) groups is 1. The Balaban J connectivity index is 1.54. The number of benzene rings is 3. The van der Waals surface area contributed by atoms with Crippen molar-refractivity contribution in [2.45, 2.75) is 6.54 Å². The Morgan fingerprint density at radius 3 is 2.59 bits per heavy atom. The average molecular weight is 401 g/mol. The quantitative estimate of drug-likeness (QED) is 0.347. The molecule has 144 valence electrons. The van der Waals surface area contributed by atoms with Crippen LogP contribution < -0.4 is 16.8 Å². The van der Waals surface area contributed by atoms with Crippen LogP contribution in [0.4, 0.5) is 5.13 Å². The standard InChI is InChI=1S/C22H19N5OS/c23-21(24)25-13-14-5-4-8-17(11-14)20(28)27-22-26-18-10-9-16(12-19(18)29-22)15-6-2-1-3-7-15/h1-12H,13H2,(H4,23,24,25)(H,26,27,28). The lowest BCUT2D eigenvalue weighted by molar-refractivity contribution is 0.102. The second-order valence-corrected chi connectivity index (χ2v) is 7.49. The maximum absolute atomic E-state index is 12.6. The van der Waals surface area contributed by atoms with Gasteiger partial charge < -0.3 is 11.5 Å². The van der Waals surface area contributed by atoms with E-state index in [1.54, 1.807) is 18.2 Å². The summed E-state index contributed by atoms with van der Waals surface area (Å²) in [4.78, 5) is 21.1. The number of nitrogens with two attached hydrogens (primary N) is 2. The molecular formula is C22H19N5OS. The topological polar surface area (TPSA) is 106 Å². The highest BCUT2D eigenvalue weighted by Gasteiger charge is 2.11. The molecule has 0 atom stereocenters. The summed E-state index contributed by atoms with van der Waals surface area (Å²) in [5.74, 6) is -0.205. The normalized spacial score (nSPS) is 10.6. The van der Waals surface area contributed by atoms with Gasteiger partial charge in [0.25, 0.3) is 5.91 Å². The summed E-state index contributed by atoms with van der Waals surface area (Å²) in [5.41, 5.74) is 15.2. The fourth-order valence-electron chi connectivity index (χ4n) is 2.95. The molecule has 1 aromatic heterocycles. The zero-order valence-corrected chi connectivity index (χ0v) is 16.3. The van der Waals surface area contributed by atoms with Crippen molar-refractivity contribution in [3.63, 3.8) is 0 Å². The molecule has 7 heteroatoms. The number of amides is 1. The molecule has 0 unspecified atom stereocenters. The number of nitrogens with one attached hydrogen (secondary N) is 1. The van der Waals surface area contributed by atoms with E-state index in [0.29, 0.717) is 17.2 Å². The number of anilines is 1. The van der Waals surface area contributed by atoms with Gasteiger partial charge in [-0.25, -0.2) is 9.98 Å². The molecule has 0 aliphatic heterocycles. The van der Waals surface area contributed by atoms with Crippen LogP contribution in [0.15, 0.2) is 77.8 Å². The number of carbonyl (C=O) groups is 1. The molecule has 3 aromatic carbocycles. The van der Waals surface area contributed by atoms with E-state index in [2.05, 4.69) is 33.5 Å². The molecule has 0 fully saturated rings. The van der Waals surface area contributed by atoms with Gasteiger partial charge in [-0.15, -0.1) is 0 Å². The molecule has 0 bridgehead atoms. The molecule has 1 amide bonds. The average Bonchev–Trinajstić information content (AvgIpc) is 3.14. The first kappa shape index (κ1) is 18.6. The minimum absolute atomic E-state index is 0.0178. The third-order valence-corrected chi connectivity index (χ3v) is 5.28. The van der Waals surface area contributed by atoms with E-state index in [4.69, 9.17) is 11.5 Å². The largest absolute Gasteiger partial charge is 0.370 e. The number of carbonyl (C=O) groups excluding carboxylic acids is 1. The number of aromatic nitrogens is 1. The summed E-state index contributed by atoms with van der Waals surface area (Å²) in [7, 11) is 0. The summed E-state index contributed by atoms with van der Waals surface area (Å²) in [6.07, 6.45) is 0. The highest BCUT2D eigenvalue weighted by molar-refractivity contribution is 7.22. The summed E-state index contributed by atoms with van der Waals surface area (Å²) < 4.78 is 1.02. The van der Waals surface area contributed by atoms with Gasteiger partial charge in [0.15, 0.2) is 11.1 Å². The van der Waals surface area contributed by atoms with Gasteiger partial charge in [0, 0.05) is 5.56 Å². The van der Waals surface area contributed by atoms with Gasteiger partial charge in [0.2, 0.25) is 0 Å². The maximum atomic E-state index is 12.6. The number of hydrogen-bond acceptors (Lipinski definition) is 4. The highest BCUT2D eigenvalue weighted by Crippen LogP contribution is 2.30. The van der Waals surface area contributed by atoms with E-state index in [1.165, 1.54) is 11.3 Å². The zero-order chi connectivity index (χ0) is 20.2. The van der Waals surface area contributed by atoms with Crippen LogP contribution in [0.3, 0.4) is 0 Å². The smallest absolute Gasteiger partial charge is 0.257 e. The summed E-state index contributed by atoms with van der Waals surface area (Å²) in [5, 5.41) is 3.44. The fraction of sp³-hybridized carbons (Fsp3) is 0.0455. The lowest BCUT2D eigenvalue weighted by Crippen LogP contribution is -2.22. The van der Waals surface area contributed by atoms with Crippen LogP contribution in [0, 0.1) is 0 Å². The van der Waals surface area contributed by atoms with Gasteiger partial charge in [0.1, 0.15) is 0 Å². The molecule has 4 aromatic rings. The third kappa shape index (κ3) is 4.41. The summed E-state index contributed by atoms with van der Waals surface area (Å²) >= 11 is 1.45. The highest BCUT2D eigenvalue weighted by atomic mass is 32.1. The van der Waals surface area contributed by atoms with E-state index in [-0.39, 0.29) is 11.9 Å². The SMILES string of the molecule is NC(N)=NCc1cccc(C(=O)Nc2nc3ccc(-c4ccccc4)cc3s2)c1. The van der Waals surface area contributed by atoms with E-state index in [1.807, 2.05) is 36.4 Å². The molecule has 0 saturated heterocycles. The van der Waals surface area contributed by atoms with E-state index in [9.17, 15) is 4.79 Å². The first-order chi connectivity index (χ1) is 14.1. The van der Waals surface area contributed by atoms with E-state index >= 15 is 0 Å². The van der Waals surface area contributed by atoms with Gasteiger partial charge in [-0.3, -0.25) is 10.1 Å². The molecule has 29 heavy (non-hydrogen) atoms. The van der Waals surface area contributed by atoms with E-state index < -0.39 is 0 Å². The number of rotatable bonds is 5. The molecule has 4 rings (SSSR count). The molecule has 0 saturated carbocycles. The molecule has 0 aliphatic carbocycles. The van der Waals surface area contributed by atoms with Crippen LogP contribution >= 0.6 is 11.3 Å². The van der Waals surface area contributed by atoms with Crippen LogP contribution in [0.5, 0.6) is 0 Å². The van der Waals surface area contributed by atoms with E-state index in [0.717, 1.165) is 26.9 Å². The van der Waals surface area contributed by atoms with Crippen LogP contribution in [0.2, 0.25) is 0 Å². The number of thiazole rings is 1. The Morgan fingerprint density at radius 1 is 0.966 bits per heavy atom. The van der Waals surface area contributed by atoms with Crippen molar-refractivity contribution in [3.8, 4) is 11.1 Å². The number of hydrogen-bond donors (Lipinski definition) is 3. The van der Waals surface area contributed by atoms with Crippen LogP contribution in [0.25, 0.3) is 21.3 Å². The van der Waals surface area contributed by atoms with Crippen molar-refractivity contribution in [1.29, 1.82) is 0 Å². The summed E-state index contributed by atoms with van der Waals surface area (Å²) in [6, 6.07) is 23.4. The molecule has 0 aliphatic rings. The Morgan fingerprint density at radius 2 is 1.79 bits per heavy atom. The number of guanidine groups is 1. The van der Waals surface area contributed by atoms with Crippen LogP contribution in [-0.4, -0.2) is 16.9 Å². The Bertz CT molecular complexity index is 1200. The molecule has 1 heterocycles. The van der Waals surface area contributed by atoms with Crippen LogP contribution in [0.1, 0.15) is 15.9 Å². The number of nitrogens with zero attached hydrogens (tertiary/aromatic N) is 2. The predicted molar refractivity (Wildman–Crippen MR) is 119 cm³/mol. The lowest BCUT2D eigenvalue weighted by atomic mass is 10.1. The van der Waals surface area contributed by atoms with Crippen molar-refractivity contribution in [2.24, 2.45) is 16.5 Å². The van der Waals surface area contributed by atoms with Gasteiger partial charge in [0.05, 0.1) is 16.8 Å². The van der Waals surface area contributed by atoms with Crippen molar-refractivity contribution < 1.29 is 4.79 Å². The van der Waals surface area contributed by atoms with Crippen LogP contribution in [-0.2, 0) is 6.54 Å². The number of fused-ring (bicyclic) bond motifs is 1. The van der Waals surface area contributed by atoms with Gasteiger partial charge >= 0.3 is 0 Å². The first-order valence-corrected chi connectivity index (χ1v) is 9.82. The maximum Gasteiger partial charge on any atom is 0.257 e. The Kier molecular flexibility index (Phi) is 5.22. The Labute approximate surface area is 171 Å². The van der Waals surface area contributed by atoms with Gasteiger partial charge in [-0.2, -0.15) is 0 Å². The molecule has 0 spiro atoms. The second-order valence-electron chi connectivity index (χ2n) is 6.46. The minimum atomic E-state index is -0.223. The lowest BCUT2D eigenvalue weighted by Gasteiger charge is -2.04. The molecular weight excluding hydrogens is 382 g/mol. The summed E-state index contributed by atoms with van der Waals surface area (Å²) in [6.45, 7) is 0.326. The van der Waals surface area contributed by atoms with Gasteiger partial charge in [-0.05, 0) is 41.0 Å². The predicted octanol–water partition coefficient (Wildman–Crippen LogP) is 3.99. The molecule has 6 nitrogen and oxygen atoms in total. The Hall–Kier alpha value is -3.71. The first-order valence-electron chi connectivity index (χ1n) is 9.00. The van der Waals surface area contributed by atoms with Crippen molar-refractivity contribution in [1.82, 2.24) is 4.98 Å². The molecule has 0 radical (unpaired) electrons. The van der Waals surface area contributed by atoms with Crippen molar-refractivity contribution in [2.75, 3.05) is 5.32 Å². The zero-order valence-electron chi connectivity index (χ0n) is 15.5. The van der Waals surface area contributed by atoms with Crippen molar-refractivity contribution in [3.05, 3.63) is 83.9 Å². The third-order valence-electron chi connectivity index (χ3n) is 4.35.